The molecule has 0 unspecified atom stereocenters. The number of nitrogens with zero attached hydrogens (tertiary/aromatic N) is 2. The zero-order valence-electron chi connectivity index (χ0n) is 12.3. The van der Waals surface area contributed by atoms with Gasteiger partial charge in [-0.25, -0.2) is 0 Å². The lowest BCUT2D eigenvalue weighted by molar-refractivity contribution is -0.120. The van der Waals surface area contributed by atoms with Crippen LogP contribution >= 0.6 is 22.7 Å². The summed E-state index contributed by atoms with van der Waals surface area (Å²) in [4.78, 5) is 13.8. The van der Waals surface area contributed by atoms with E-state index in [2.05, 4.69) is 15.5 Å². The van der Waals surface area contributed by atoms with Crippen molar-refractivity contribution < 1.29 is 9.53 Å². The van der Waals surface area contributed by atoms with Gasteiger partial charge in [0.05, 0.1) is 17.8 Å². The molecule has 118 valence electrons. The zero-order chi connectivity index (χ0) is 15.9. The minimum Gasteiger partial charge on any atom is -0.475 e. The van der Waals surface area contributed by atoms with Crippen LogP contribution in [0.4, 0.5) is 0 Å². The Labute approximate surface area is 142 Å². The molecule has 3 rings (SSSR count). The quantitative estimate of drug-likeness (QED) is 0.669. The van der Waals surface area contributed by atoms with Crippen molar-refractivity contribution in [2.24, 2.45) is 0 Å². The minimum atomic E-state index is -0.00447. The average Bonchev–Trinajstić information content (AvgIpc) is 3.26. The second-order valence-corrected chi connectivity index (χ2v) is 6.67. The van der Waals surface area contributed by atoms with E-state index in [9.17, 15) is 4.79 Å². The molecular formula is C16H15N3O2S2. The van der Waals surface area contributed by atoms with Crippen molar-refractivity contribution in [1.82, 2.24) is 15.5 Å². The lowest BCUT2D eigenvalue weighted by Crippen LogP contribution is -2.29. The Balaban J connectivity index is 1.39. The summed E-state index contributed by atoms with van der Waals surface area (Å²) in [6.07, 6.45) is 0.410. The molecule has 0 aliphatic heterocycles. The van der Waals surface area contributed by atoms with Crippen LogP contribution in [0.5, 0.6) is 5.88 Å². The highest BCUT2D eigenvalue weighted by atomic mass is 32.1. The number of ether oxygens (including phenoxy) is 1. The normalized spacial score (nSPS) is 10.4. The maximum atomic E-state index is 11.7. The first-order valence-electron chi connectivity index (χ1n) is 7.11. The lowest BCUT2D eigenvalue weighted by atomic mass is 10.3. The van der Waals surface area contributed by atoms with Gasteiger partial charge in [0.25, 0.3) is 0 Å². The fourth-order valence-electron chi connectivity index (χ4n) is 1.93. The van der Waals surface area contributed by atoms with Crippen LogP contribution in [0.2, 0.25) is 0 Å². The number of aromatic nitrogens is 2. The molecule has 0 saturated heterocycles. The molecule has 3 aromatic heterocycles. The van der Waals surface area contributed by atoms with Gasteiger partial charge >= 0.3 is 0 Å². The van der Waals surface area contributed by atoms with E-state index in [1.807, 2.05) is 41.1 Å². The molecule has 0 aromatic carbocycles. The van der Waals surface area contributed by atoms with Gasteiger partial charge < -0.3 is 10.1 Å². The van der Waals surface area contributed by atoms with E-state index < -0.39 is 0 Å². The summed E-state index contributed by atoms with van der Waals surface area (Å²) < 4.78 is 5.48. The SMILES string of the molecule is O=C(Cc1cccs1)NCCOc1ccc(-c2cccs2)nn1. The van der Waals surface area contributed by atoms with Crippen molar-refractivity contribution in [3.63, 3.8) is 0 Å². The van der Waals surface area contributed by atoms with Gasteiger partial charge in [0.2, 0.25) is 11.8 Å². The Morgan fingerprint density at radius 1 is 1.09 bits per heavy atom. The third-order valence-corrected chi connectivity index (χ3v) is 4.77. The van der Waals surface area contributed by atoms with Crippen LogP contribution in [0.1, 0.15) is 4.88 Å². The Morgan fingerprint density at radius 3 is 2.65 bits per heavy atom. The Bertz CT molecular complexity index is 725. The van der Waals surface area contributed by atoms with Gasteiger partial charge in [0, 0.05) is 10.9 Å². The van der Waals surface area contributed by atoms with E-state index in [0.717, 1.165) is 15.4 Å². The Morgan fingerprint density at radius 2 is 1.96 bits per heavy atom. The van der Waals surface area contributed by atoms with E-state index in [4.69, 9.17) is 4.74 Å². The van der Waals surface area contributed by atoms with Crippen molar-refractivity contribution in [2.75, 3.05) is 13.2 Å². The van der Waals surface area contributed by atoms with Gasteiger partial charge in [-0.15, -0.1) is 32.9 Å². The monoisotopic (exact) mass is 345 g/mol. The summed E-state index contributed by atoms with van der Waals surface area (Å²) in [6.45, 7) is 0.807. The highest BCUT2D eigenvalue weighted by Crippen LogP contribution is 2.22. The summed E-state index contributed by atoms with van der Waals surface area (Å²) in [5.74, 6) is 0.452. The van der Waals surface area contributed by atoms with Crippen molar-refractivity contribution in [3.05, 3.63) is 52.0 Å². The van der Waals surface area contributed by atoms with Crippen molar-refractivity contribution in [1.29, 1.82) is 0 Å². The number of carbonyl (C=O) groups is 1. The van der Waals surface area contributed by atoms with E-state index in [-0.39, 0.29) is 5.91 Å². The summed E-state index contributed by atoms with van der Waals surface area (Å²) in [7, 11) is 0. The van der Waals surface area contributed by atoms with Crippen LogP contribution in [-0.4, -0.2) is 29.3 Å². The van der Waals surface area contributed by atoms with Crippen LogP contribution in [0.3, 0.4) is 0 Å². The molecule has 1 N–H and O–H groups in total. The number of nitrogens with one attached hydrogen (secondary N) is 1. The second-order valence-electron chi connectivity index (χ2n) is 4.69. The van der Waals surface area contributed by atoms with Crippen LogP contribution < -0.4 is 10.1 Å². The minimum absolute atomic E-state index is 0.00447. The molecule has 0 aliphatic rings. The van der Waals surface area contributed by atoms with E-state index in [1.54, 1.807) is 28.7 Å². The van der Waals surface area contributed by atoms with Crippen LogP contribution in [0, 0.1) is 0 Å². The molecule has 7 heteroatoms. The first-order chi connectivity index (χ1) is 11.3. The van der Waals surface area contributed by atoms with Crippen LogP contribution in [0.15, 0.2) is 47.2 Å². The van der Waals surface area contributed by atoms with E-state index in [1.165, 1.54) is 0 Å². The Hall–Kier alpha value is -2.25. The highest BCUT2D eigenvalue weighted by molar-refractivity contribution is 7.13. The molecule has 5 nitrogen and oxygen atoms in total. The second kappa shape index (κ2) is 7.85. The molecule has 0 fully saturated rings. The van der Waals surface area contributed by atoms with Crippen LogP contribution in [-0.2, 0) is 11.2 Å². The molecule has 0 spiro atoms. The molecule has 0 aliphatic carbocycles. The molecule has 0 radical (unpaired) electrons. The zero-order valence-corrected chi connectivity index (χ0v) is 13.9. The standard InChI is InChI=1S/C16H15N3O2S2/c20-15(11-12-3-1-9-22-12)17-7-8-21-16-6-5-13(18-19-16)14-4-2-10-23-14/h1-6,9-10H,7-8,11H2,(H,17,20). The number of thiophene rings is 2. The van der Waals surface area contributed by atoms with Gasteiger partial charge in [-0.05, 0) is 29.0 Å². The number of amides is 1. The maximum absolute atomic E-state index is 11.7. The third kappa shape index (κ3) is 4.61. The van der Waals surface area contributed by atoms with Gasteiger partial charge in [0.1, 0.15) is 12.3 Å². The summed E-state index contributed by atoms with van der Waals surface area (Å²) in [6, 6.07) is 11.5. The molecule has 0 bridgehead atoms. The molecule has 23 heavy (non-hydrogen) atoms. The maximum Gasteiger partial charge on any atom is 0.233 e. The summed E-state index contributed by atoms with van der Waals surface area (Å²) in [5.41, 5.74) is 0.830. The smallest absolute Gasteiger partial charge is 0.233 e. The van der Waals surface area contributed by atoms with E-state index in [0.29, 0.717) is 25.5 Å². The summed E-state index contributed by atoms with van der Waals surface area (Å²) in [5, 5.41) is 15.0. The molecule has 1 amide bonds. The predicted octanol–water partition coefficient (Wildman–Crippen LogP) is 3.00. The van der Waals surface area contributed by atoms with Crippen molar-refractivity contribution in [3.8, 4) is 16.5 Å². The number of rotatable bonds is 7. The van der Waals surface area contributed by atoms with E-state index >= 15 is 0 Å². The van der Waals surface area contributed by atoms with Crippen molar-refractivity contribution >= 4 is 28.6 Å². The average molecular weight is 345 g/mol. The number of carbonyl (C=O) groups excluding carboxylic acids is 1. The lowest BCUT2D eigenvalue weighted by Gasteiger charge is -2.06. The topological polar surface area (TPSA) is 64.1 Å². The first kappa shape index (κ1) is 15.6. The molecule has 3 heterocycles. The first-order valence-corrected chi connectivity index (χ1v) is 8.87. The Kier molecular flexibility index (Phi) is 5.33. The molecular weight excluding hydrogens is 330 g/mol. The predicted molar refractivity (Wildman–Crippen MR) is 91.9 cm³/mol. The molecule has 3 aromatic rings. The largest absolute Gasteiger partial charge is 0.475 e. The highest BCUT2D eigenvalue weighted by Gasteiger charge is 2.05. The van der Waals surface area contributed by atoms with Gasteiger partial charge in [-0.2, -0.15) is 0 Å². The number of hydrogen-bond donors (Lipinski definition) is 1. The fourth-order valence-corrected chi connectivity index (χ4v) is 3.33. The van der Waals surface area contributed by atoms with Crippen LogP contribution in [0.25, 0.3) is 10.6 Å². The number of hydrogen-bond acceptors (Lipinski definition) is 6. The summed E-state index contributed by atoms with van der Waals surface area (Å²) >= 11 is 3.20. The van der Waals surface area contributed by atoms with Gasteiger partial charge in [-0.1, -0.05) is 12.1 Å². The van der Waals surface area contributed by atoms with Gasteiger partial charge in [0.15, 0.2) is 0 Å². The van der Waals surface area contributed by atoms with Gasteiger partial charge in [-0.3, -0.25) is 4.79 Å². The molecule has 0 saturated carbocycles. The fraction of sp³-hybridized carbons (Fsp3) is 0.188. The van der Waals surface area contributed by atoms with Crippen molar-refractivity contribution in [2.45, 2.75) is 6.42 Å². The molecule has 0 atom stereocenters. The third-order valence-electron chi connectivity index (χ3n) is 3.00.